The van der Waals surface area contributed by atoms with E-state index in [4.69, 9.17) is 0 Å². The van der Waals surface area contributed by atoms with Crippen LogP contribution in [0, 0.1) is 6.92 Å². The summed E-state index contributed by atoms with van der Waals surface area (Å²) >= 11 is 0. The summed E-state index contributed by atoms with van der Waals surface area (Å²) in [6, 6.07) is 12.9. The van der Waals surface area contributed by atoms with E-state index in [2.05, 4.69) is 79.6 Å². The molecule has 8 heteroatoms. The number of aromatic amines is 2. The third kappa shape index (κ3) is 3.49. The maximum absolute atomic E-state index is 4.64. The lowest BCUT2D eigenvalue weighted by molar-refractivity contribution is 0.898. The van der Waals surface area contributed by atoms with Crippen molar-refractivity contribution in [2.24, 2.45) is 0 Å². The number of pyridine rings is 2. The van der Waals surface area contributed by atoms with Gasteiger partial charge in [-0.1, -0.05) is 6.07 Å². The number of aryl methyl sites for hydroxylation is 1. The smallest absolute Gasteiger partial charge is 0.147 e. The van der Waals surface area contributed by atoms with Crippen LogP contribution in [0.3, 0.4) is 0 Å². The van der Waals surface area contributed by atoms with Crippen LogP contribution in [0.15, 0.2) is 67.5 Å². The molecule has 0 aliphatic carbocycles. The van der Waals surface area contributed by atoms with E-state index in [-0.39, 0.29) is 0 Å². The second-order valence-corrected chi connectivity index (χ2v) is 8.80. The number of aromatic nitrogens is 7. The Bertz CT molecular complexity index is 1640. The van der Waals surface area contributed by atoms with Crippen molar-refractivity contribution in [2.45, 2.75) is 26.8 Å². The second-order valence-electron chi connectivity index (χ2n) is 8.80. The molecular weight excluding hydrogens is 424 g/mol. The Morgan fingerprint density at radius 2 is 1.85 bits per heavy atom. The quantitative estimate of drug-likeness (QED) is 0.324. The maximum atomic E-state index is 4.64. The molecule has 0 spiro atoms. The van der Waals surface area contributed by atoms with Crippen molar-refractivity contribution >= 4 is 27.5 Å². The molecule has 0 aliphatic heterocycles. The normalized spacial score (nSPS) is 11.6. The zero-order valence-electron chi connectivity index (χ0n) is 19.2. The van der Waals surface area contributed by atoms with Crippen molar-refractivity contribution in [1.82, 2.24) is 34.7 Å². The Labute approximate surface area is 196 Å². The zero-order valence-corrected chi connectivity index (χ0v) is 19.2. The Kier molecular flexibility index (Phi) is 4.65. The van der Waals surface area contributed by atoms with E-state index in [1.165, 1.54) is 0 Å². The molecule has 6 aromatic rings. The first-order chi connectivity index (χ1) is 16.5. The number of anilines is 1. The number of benzene rings is 1. The van der Waals surface area contributed by atoms with Crippen molar-refractivity contribution < 1.29 is 0 Å². The van der Waals surface area contributed by atoms with Gasteiger partial charge in [-0.2, -0.15) is 5.10 Å². The highest BCUT2D eigenvalue weighted by atomic mass is 15.1. The molecular formula is C26H24N8. The van der Waals surface area contributed by atoms with Crippen LogP contribution in [-0.4, -0.2) is 40.7 Å². The first-order valence-electron chi connectivity index (χ1n) is 11.2. The summed E-state index contributed by atoms with van der Waals surface area (Å²) in [7, 11) is 0. The molecule has 5 aromatic heterocycles. The first kappa shape index (κ1) is 20.2. The van der Waals surface area contributed by atoms with Gasteiger partial charge in [0.15, 0.2) is 0 Å². The number of nitrogens with zero attached hydrogens (tertiary/aromatic N) is 5. The van der Waals surface area contributed by atoms with Crippen molar-refractivity contribution in [3.05, 3.63) is 73.2 Å². The number of hydrogen-bond donors (Lipinski definition) is 3. The second kappa shape index (κ2) is 7.84. The minimum absolute atomic E-state index is 0.340. The Morgan fingerprint density at radius 1 is 0.941 bits per heavy atom. The van der Waals surface area contributed by atoms with E-state index >= 15 is 0 Å². The number of rotatable bonds is 5. The first-order valence-corrected chi connectivity index (χ1v) is 11.2. The van der Waals surface area contributed by atoms with E-state index < -0.39 is 0 Å². The molecule has 0 saturated carbocycles. The summed E-state index contributed by atoms with van der Waals surface area (Å²) in [4.78, 5) is 16.9. The van der Waals surface area contributed by atoms with Crippen LogP contribution in [-0.2, 0) is 0 Å². The van der Waals surface area contributed by atoms with Gasteiger partial charge >= 0.3 is 0 Å². The van der Waals surface area contributed by atoms with Gasteiger partial charge in [0.1, 0.15) is 17.8 Å². The molecule has 5 heterocycles. The topological polar surface area (TPSA) is 100 Å². The van der Waals surface area contributed by atoms with Crippen molar-refractivity contribution in [2.75, 3.05) is 5.32 Å². The lowest BCUT2D eigenvalue weighted by atomic mass is 10.0. The van der Waals surface area contributed by atoms with Crippen LogP contribution in [0.2, 0.25) is 0 Å². The average molecular weight is 449 g/mol. The molecule has 0 aliphatic rings. The summed E-state index contributed by atoms with van der Waals surface area (Å²) in [6.07, 6.45) is 9.31. The van der Waals surface area contributed by atoms with Crippen molar-refractivity contribution in [1.29, 1.82) is 0 Å². The molecule has 1 aromatic carbocycles. The molecule has 0 unspecified atom stereocenters. The summed E-state index contributed by atoms with van der Waals surface area (Å²) < 4.78 is 1.95. The standard InChI is InChI=1S/C26H24N8/c1-15(2)30-19-8-18(11-27-12-19)17-4-5-23-20(9-17)25(33-32-23)24-10-21-22(31-24)6-7-28-26(21)34-13-16(3)29-14-34/h4-15,30-31H,1-3H3,(H,32,33). The van der Waals surface area contributed by atoms with Crippen LogP contribution in [0.25, 0.3) is 50.1 Å². The predicted octanol–water partition coefficient (Wildman–Crippen LogP) is 5.48. The summed E-state index contributed by atoms with van der Waals surface area (Å²) in [6.45, 7) is 6.20. The van der Waals surface area contributed by atoms with Gasteiger partial charge in [-0.05, 0) is 56.7 Å². The summed E-state index contributed by atoms with van der Waals surface area (Å²) in [5.74, 6) is 0.835. The number of hydrogen-bond acceptors (Lipinski definition) is 5. The van der Waals surface area contributed by atoms with Gasteiger partial charge < -0.3 is 10.3 Å². The molecule has 0 saturated heterocycles. The highest BCUT2D eigenvalue weighted by molar-refractivity contribution is 5.99. The number of nitrogens with one attached hydrogen (secondary N) is 3. The minimum atomic E-state index is 0.340. The molecule has 168 valence electrons. The largest absolute Gasteiger partial charge is 0.382 e. The zero-order chi connectivity index (χ0) is 23.2. The molecule has 8 nitrogen and oxygen atoms in total. The number of imidazole rings is 1. The molecule has 0 radical (unpaired) electrons. The summed E-state index contributed by atoms with van der Waals surface area (Å²) in [5, 5.41) is 13.3. The Morgan fingerprint density at radius 3 is 2.68 bits per heavy atom. The van der Waals surface area contributed by atoms with E-state index in [1.807, 2.05) is 36.1 Å². The lowest BCUT2D eigenvalue weighted by Gasteiger charge is -2.11. The third-order valence-corrected chi connectivity index (χ3v) is 5.83. The van der Waals surface area contributed by atoms with Crippen molar-refractivity contribution in [3.8, 4) is 28.3 Å². The molecule has 0 fully saturated rings. The van der Waals surface area contributed by atoms with Gasteiger partial charge in [-0.25, -0.2) is 9.97 Å². The molecule has 0 amide bonds. The lowest BCUT2D eigenvalue weighted by Crippen LogP contribution is -2.09. The van der Waals surface area contributed by atoms with Crippen LogP contribution in [0.4, 0.5) is 5.69 Å². The average Bonchev–Trinajstić information content (AvgIpc) is 3.55. The number of H-pyrrole nitrogens is 2. The van der Waals surface area contributed by atoms with Crippen molar-refractivity contribution in [3.63, 3.8) is 0 Å². The highest BCUT2D eigenvalue weighted by Crippen LogP contribution is 2.33. The van der Waals surface area contributed by atoms with E-state index in [9.17, 15) is 0 Å². The molecule has 6 rings (SSSR count). The van der Waals surface area contributed by atoms with Gasteiger partial charge in [0.05, 0.1) is 28.1 Å². The van der Waals surface area contributed by atoms with E-state index in [0.29, 0.717) is 6.04 Å². The van der Waals surface area contributed by atoms with Crippen LogP contribution >= 0.6 is 0 Å². The van der Waals surface area contributed by atoms with Gasteiger partial charge in [0, 0.05) is 47.2 Å². The van der Waals surface area contributed by atoms with Gasteiger partial charge in [0.2, 0.25) is 0 Å². The van der Waals surface area contributed by atoms with Gasteiger partial charge in [-0.3, -0.25) is 14.6 Å². The Hall–Kier alpha value is -4.46. The number of fused-ring (bicyclic) bond motifs is 2. The van der Waals surface area contributed by atoms with Crippen LogP contribution in [0.1, 0.15) is 19.5 Å². The maximum Gasteiger partial charge on any atom is 0.147 e. The summed E-state index contributed by atoms with van der Waals surface area (Å²) in [5.41, 5.74) is 7.86. The van der Waals surface area contributed by atoms with E-state index in [1.54, 1.807) is 12.5 Å². The fraction of sp³-hybridized carbons (Fsp3) is 0.154. The fourth-order valence-electron chi connectivity index (χ4n) is 4.32. The molecule has 0 atom stereocenters. The third-order valence-electron chi connectivity index (χ3n) is 5.83. The fourth-order valence-corrected chi connectivity index (χ4v) is 4.32. The molecule has 34 heavy (non-hydrogen) atoms. The minimum Gasteiger partial charge on any atom is -0.382 e. The molecule has 0 bridgehead atoms. The van der Waals surface area contributed by atoms with Gasteiger partial charge in [-0.15, -0.1) is 0 Å². The Balaban J connectivity index is 1.45. The highest BCUT2D eigenvalue weighted by Gasteiger charge is 2.15. The predicted molar refractivity (Wildman–Crippen MR) is 135 cm³/mol. The molecule has 3 N–H and O–H groups in total. The van der Waals surface area contributed by atoms with Gasteiger partial charge in [0.25, 0.3) is 0 Å². The van der Waals surface area contributed by atoms with Crippen LogP contribution < -0.4 is 5.32 Å². The monoisotopic (exact) mass is 448 g/mol. The van der Waals surface area contributed by atoms with Crippen LogP contribution in [0.5, 0.6) is 0 Å². The van der Waals surface area contributed by atoms with E-state index in [0.717, 1.165) is 61.5 Å². The SMILES string of the molecule is Cc1cn(-c2nccc3[nH]c(-c4n[nH]c5ccc(-c6cncc(NC(C)C)c6)cc45)cc23)cn1.